The fourth-order valence-electron chi connectivity index (χ4n) is 1.59. The molecular formula is C11H13F2N. The van der Waals surface area contributed by atoms with Crippen LogP contribution in [0.1, 0.15) is 36.4 Å². The number of hydrogen-bond donors (Lipinski definition) is 1. The predicted molar refractivity (Wildman–Crippen MR) is 51.1 cm³/mol. The van der Waals surface area contributed by atoms with E-state index in [-0.39, 0.29) is 11.6 Å². The number of benzene rings is 1. The van der Waals surface area contributed by atoms with Gasteiger partial charge in [-0.05, 0) is 24.3 Å². The van der Waals surface area contributed by atoms with Crippen LogP contribution < -0.4 is 5.73 Å². The summed E-state index contributed by atoms with van der Waals surface area (Å²) in [6.45, 7) is 0. The smallest absolute Gasteiger partial charge is 0.263 e. The first kappa shape index (κ1) is 9.59. The van der Waals surface area contributed by atoms with Crippen LogP contribution in [0.25, 0.3) is 0 Å². The minimum absolute atomic E-state index is 0.0294. The average molecular weight is 197 g/mol. The molecule has 1 unspecified atom stereocenters. The first-order chi connectivity index (χ1) is 6.68. The van der Waals surface area contributed by atoms with Gasteiger partial charge in [-0.3, -0.25) is 0 Å². The number of nitrogens with two attached hydrogens (primary N) is 1. The van der Waals surface area contributed by atoms with Gasteiger partial charge in [-0.2, -0.15) is 0 Å². The van der Waals surface area contributed by atoms with Gasteiger partial charge in [0, 0.05) is 11.6 Å². The fraction of sp³-hybridized carbons (Fsp3) is 0.455. The Morgan fingerprint density at radius 2 is 1.57 bits per heavy atom. The molecule has 1 aromatic carbocycles. The molecule has 0 amide bonds. The van der Waals surface area contributed by atoms with Crippen molar-refractivity contribution in [2.75, 3.05) is 0 Å². The van der Waals surface area contributed by atoms with E-state index < -0.39 is 6.43 Å². The van der Waals surface area contributed by atoms with E-state index in [1.165, 1.54) is 12.1 Å². The quantitative estimate of drug-likeness (QED) is 0.791. The largest absolute Gasteiger partial charge is 0.324 e. The van der Waals surface area contributed by atoms with Gasteiger partial charge >= 0.3 is 0 Å². The van der Waals surface area contributed by atoms with E-state index >= 15 is 0 Å². The normalized spacial score (nSPS) is 18.6. The topological polar surface area (TPSA) is 26.0 Å². The Bertz CT molecular complexity index is 304. The maximum absolute atomic E-state index is 12.2. The third-order valence-corrected chi connectivity index (χ3v) is 2.70. The van der Waals surface area contributed by atoms with Gasteiger partial charge in [0.25, 0.3) is 6.43 Å². The minimum atomic E-state index is -2.39. The lowest BCUT2D eigenvalue weighted by molar-refractivity contribution is 0.151. The molecule has 2 N–H and O–H groups in total. The third kappa shape index (κ3) is 1.93. The minimum Gasteiger partial charge on any atom is -0.324 e. The van der Waals surface area contributed by atoms with E-state index in [2.05, 4.69) is 0 Å². The average Bonchev–Trinajstić information content (AvgIpc) is 3.00. The first-order valence-corrected chi connectivity index (χ1v) is 4.82. The molecule has 1 fully saturated rings. The molecule has 0 saturated heterocycles. The van der Waals surface area contributed by atoms with Crippen molar-refractivity contribution in [3.05, 3.63) is 35.4 Å². The van der Waals surface area contributed by atoms with E-state index in [9.17, 15) is 8.78 Å². The van der Waals surface area contributed by atoms with E-state index in [1.807, 2.05) is 0 Å². The zero-order valence-electron chi connectivity index (χ0n) is 7.79. The first-order valence-electron chi connectivity index (χ1n) is 4.82. The second-order valence-corrected chi connectivity index (χ2v) is 3.83. The molecule has 0 radical (unpaired) electrons. The maximum Gasteiger partial charge on any atom is 0.263 e. The highest BCUT2D eigenvalue weighted by molar-refractivity contribution is 5.26. The van der Waals surface area contributed by atoms with E-state index in [1.54, 1.807) is 12.1 Å². The van der Waals surface area contributed by atoms with Crippen molar-refractivity contribution in [3.8, 4) is 0 Å². The highest BCUT2D eigenvalue weighted by Gasteiger charge is 2.29. The van der Waals surface area contributed by atoms with E-state index in [4.69, 9.17) is 5.73 Å². The van der Waals surface area contributed by atoms with Gasteiger partial charge < -0.3 is 5.73 Å². The van der Waals surface area contributed by atoms with Crippen LogP contribution in [0.15, 0.2) is 24.3 Å². The molecule has 0 aromatic heterocycles. The molecule has 0 heterocycles. The van der Waals surface area contributed by atoms with Crippen LogP contribution >= 0.6 is 0 Å². The number of hydrogen-bond acceptors (Lipinski definition) is 1. The Morgan fingerprint density at radius 1 is 1.07 bits per heavy atom. The van der Waals surface area contributed by atoms with Crippen molar-refractivity contribution >= 4 is 0 Å². The molecule has 1 aromatic rings. The summed E-state index contributed by atoms with van der Waals surface area (Å²) < 4.78 is 24.5. The molecular weight excluding hydrogens is 184 g/mol. The van der Waals surface area contributed by atoms with Gasteiger partial charge in [-0.15, -0.1) is 0 Å². The third-order valence-electron chi connectivity index (χ3n) is 2.70. The summed E-state index contributed by atoms with van der Waals surface area (Å²) in [5.74, 6) is 0.562. The molecule has 1 aliphatic rings. The number of rotatable bonds is 3. The lowest BCUT2D eigenvalue weighted by Gasteiger charge is -2.10. The van der Waals surface area contributed by atoms with Crippen molar-refractivity contribution < 1.29 is 8.78 Å². The number of alkyl halides is 2. The standard InChI is InChI=1S/C11H13F2N/c12-11(13)9-5-3-8(4-6-9)10(14)7-1-2-7/h3-7,10-11H,1-2,14H2. The summed E-state index contributed by atoms with van der Waals surface area (Å²) in [7, 11) is 0. The van der Waals surface area contributed by atoms with Crippen molar-refractivity contribution in [2.45, 2.75) is 25.3 Å². The molecule has 1 aliphatic carbocycles. The zero-order chi connectivity index (χ0) is 10.1. The Hall–Kier alpha value is -0.960. The molecule has 14 heavy (non-hydrogen) atoms. The van der Waals surface area contributed by atoms with Crippen LogP contribution in [0, 0.1) is 5.92 Å². The molecule has 0 bridgehead atoms. The highest BCUT2D eigenvalue weighted by atomic mass is 19.3. The monoisotopic (exact) mass is 197 g/mol. The molecule has 2 rings (SSSR count). The second kappa shape index (κ2) is 3.65. The zero-order valence-corrected chi connectivity index (χ0v) is 7.79. The summed E-state index contributed by atoms with van der Waals surface area (Å²) in [5.41, 5.74) is 6.97. The van der Waals surface area contributed by atoms with Crippen LogP contribution in [0.5, 0.6) is 0 Å². The van der Waals surface area contributed by atoms with Crippen molar-refractivity contribution in [3.63, 3.8) is 0 Å². The lowest BCUT2D eigenvalue weighted by atomic mass is 10.0. The van der Waals surface area contributed by atoms with Crippen molar-refractivity contribution in [1.29, 1.82) is 0 Å². The summed E-state index contributed by atoms with van der Waals surface area (Å²) in [5, 5.41) is 0. The molecule has 0 spiro atoms. The molecule has 3 heteroatoms. The van der Waals surface area contributed by atoms with Gasteiger partial charge in [0.1, 0.15) is 0 Å². The number of halogens is 2. The van der Waals surface area contributed by atoms with Crippen LogP contribution in [0.2, 0.25) is 0 Å². The second-order valence-electron chi connectivity index (χ2n) is 3.83. The van der Waals surface area contributed by atoms with Gasteiger partial charge in [0.15, 0.2) is 0 Å². The lowest BCUT2D eigenvalue weighted by Crippen LogP contribution is -2.12. The fourth-order valence-corrected chi connectivity index (χ4v) is 1.59. The predicted octanol–water partition coefficient (Wildman–Crippen LogP) is 3.03. The van der Waals surface area contributed by atoms with Gasteiger partial charge in [0.2, 0.25) is 0 Å². The molecule has 1 nitrogen and oxygen atoms in total. The Morgan fingerprint density at radius 3 is 2.00 bits per heavy atom. The van der Waals surface area contributed by atoms with Gasteiger partial charge in [0.05, 0.1) is 0 Å². The van der Waals surface area contributed by atoms with Crippen LogP contribution in [0.4, 0.5) is 8.78 Å². The van der Waals surface area contributed by atoms with Crippen molar-refractivity contribution in [1.82, 2.24) is 0 Å². The summed E-state index contributed by atoms with van der Waals surface area (Å²) >= 11 is 0. The van der Waals surface area contributed by atoms with Crippen molar-refractivity contribution in [2.24, 2.45) is 11.7 Å². The molecule has 1 saturated carbocycles. The summed E-state index contributed by atoms with van der Waals surface area (Å²) in [4.78, 5) is 0. The van der Waals surface area contributed by atoms with Crippen LogP contribution in [-0.2, 0) is 0 Å². The molecule has 0 aliphatic heterocycles. The maximum atomic E-state index is 12.2. The van der Waals surface area contributed by atoms with E-state index in [0.29, 0.717) is 5.92 Å². The van der Waals surface area contributed by atoms with Gasteiger partial charge in [-0.25, -0.2) is 8.78 Å². The van der Waals surface area contributed by atoms with Gasteiger partial charge in [-0.1, -0.05) is 24.3 Å². The highest BCUT2D eigenvalue weighted by Crippen LogP contribution is 2.39. The Kier molecular flexibility index (Phi) is 2.50. The van der Waals surface area contributed by atoms with Crippen LogP contribution in [-0.4, -0.2) is 0 Å². The molecule has 1 atom stereocenters. The Balaban J connectivity index is 2.12. The van der Waals surface area contributed by atoms with Crippen LogP contribution in [0.3, 0.4) is 0 Å². The summed E-state index contributed by atoms with van der Waals surface area (Å²) in [6.07, 6.45) is -0.0589. The van der Waals surface area contributed by atoms with E-state index in [0.717, 1.165) is 18.4 Å². The SMILES string of the molecule is NC(c1ccc(C(F)F)cc1)C1CC1. The Labute approximate surface area is 81.9 Å². The summed E-state index contributed by atoms with van der Waals surface area (Å²) in [6, 6.07) is 6.38. The molecule has 76 valence electrons.